The molecule has 0 heterocycles. The Morgan fingerprint density at radius 3 is 2.09 bits per heavy atom. The van der Waals surface area contributed by atoms with Crippen molar-refractivity contribution < 1.29 is 26.7 Å². The number of rotatable bonds is 3. The smallest absolute Gasteiger partial charge is 0.406 e. The van der Waals surface area contributed by atoms with Crippen molar-refractivity contribution in [2.75, 3.05) is 0 Å². The van der Waals surface area contributed by atoms with Crippen molar-refractivity contribution in [3.05, 3.63) is 65.2 Å². The molecule has 22 heavy (non-hydrogen) atoms. The van der Waals surface area contributed by atoms with Crippen molar-refractivity contribution in [3.63, 3.8) is 0 Å². The Hall–Kier alpha value is -1.86. The second-order valence-corrected chi connectivity index (χ2v) is 4.26. The first-order chi connectivity index (χ1) is 9.76. The summed E-state index contributed by atoms with van der Waals surface area (Å²) in [4.78, 5) is 0. The monoisotopic (exact) mass is 339 g/mol. The van der Waals surface area contributed by atoms with Gasteiger partial charge in [-0.2, -0.15) is 0 Å². The zero-order valence-electron chi connectivity index (χ0n) is 10.9. The van der Waals surface area contributed by atoms with E-state index in [0.29, 0.717) is 5.56 Å². The highest BCUT2D eigenvalue weighted by Crippen LogP contribution is 2.27. The van der Waals surface area contributed by atoms with Crippen LogP contribution >= 0.6 is 12.4 Å². The summed E-state index contributed by atoms with van der Waals surface area (Å²) in [5.41, 5.74) is 6.04. The summed E-state index contributed by atoms with van der Waals surface area (Å²) in [7, 11) is 0. The molecule has 8 heteroatoms. The van der Waals surface area contributed by atoms with Crippen LogP contribution in [-0.2, 0) is 0 Å². The van der Waals surface area contributed by atoms with Gasteiger partial charge in [0.25, 0.3) is 0 Å². The maximum Gasteiger partial charge on any atom is 0.573 e. The summed E-state index contributed by atoms with van der Waals surface area (Å²) < 4.78 is 66.5. The minimum absolute atomic E-state index is 0. The standard InChI is InChI=1S/C14H10F5NO.ClH/c15-9-3-6-12(16)11(7-9)13(20)8-1-4-10(5-2-8)21-14(17,18)19;/h1-7,13H,20H2;1H/t13-;/m1./s1. The molecule has 2 nitrogen and oxygen atoms in total. The molecule has 0 aliphatic carbocycles. The van der Waals surface area contributed by atoms with Crippen LogP contribution in [0.2, 0.25) is 0 Å². The number of benzene rings is 2. The summed E-state index contributed by atoms with van der Waals surface area (Å²) in [6.07, 6.45) is -4.79. The topological polar surface area (TPSA) is 35.2 Å². The molecule has 0 unspecified atom stereocenters. The van der Waals surface area contributed by atoms with Gasteiger partial charge in [0, 0.05) is 5.56 Å². The zero-order valence-corrected chi connectivity index (χ0v) is 11.7. The molecule has 0 saturated heterocycles. The summed E-state index contributed by atoms with van der Waals surface area (Å²) >= 11 is 0. The molecule has 2 aromatic rings. The molecule has 0 spiro atoms. The summed E-state index contributed by atoms with van der Waals surface area (Å²) in [5.74, 6) is -1.77. The van der Waals surface area contributed by atoms with Gasteiger partial charge in [0.1, 0.15) is 17.4 Å². The molecule has 0 aromatic heterocycles. The van der Waals surface area contributed by atoms with Gasteiger partial charge in [-0.15, -0.1) is 25.6 Å². The first-order valence-corrected chi connectivity index (χ1v) is 5.82. The van der Waals surface area contributed by atoms with Crippen LogP contribution in [0.3, 0.4) is 0 Å². The summed E-state index contributed by atoms with van der Waals surface area (Å²) in [6.45, 7) is 0. The average molecular weight is 340 g/mol. The predicted octanol–water partition coefficient (Wildman–Crippen LogP) is 4.33. The number of hydrogen-bond donors (Lipinski definition) is 1. The van der Waals surface area contributed by atoms with Gasteiger partial charge in [0.05, 0.1) is 6.04 Å². The van der Waals surface area contributed by atoms with Crippen LogP contribution in [0.4, 0.5) is 22.0 Å². The molecule has 0 fully saturated rings. The van der Waals surface area contributed by atoms with Crippen molar-refractivity contribution in [2.45, 2.75) is 12.4 Å². The van der Waals surface area contributed by atoms with Crippen molar-refractivity contribution in [1.29, 1.82) is 0 Å². The molecular weight excluding hydrogens is 329 g/mol. The van der Waals surface area contributed by atoms with Crippen molar-refractivity contribution >= 4 is 12.4 Å². The van der Waals surface area contributed by atoms with E-state index in [-0.39, 0.29) is 18.0 Å². The maximum atomic E-state index is 13.6. The second-order valence-electron chi connectivity index (χ2n) is 4.26. The summed E-state index contributed by atoms with van der Waals surface area (Å²) in [5, 5.41) is 0. The van der Waals surface area contributed by atoms with Gasteiger partial charge in [0.2, 0.25) is 0 Å². The van der Waals surface area contributed by atoms with E-state index in [1.165, 1.54) is 12.1 Å². The van der Waals surface area contributed by atoms with Crippen LogP contribution in [-0.4, -0.2) is 6.36 Å². The number of ether oxygens (including phenoxy) is 1. The molecule has 0 aliphatic rings. The van der Waals surface area contributed by atoms with E-state index in [0.717, 1.165) is 30.3 Å². The third kappa shape index (κ3) is 4.57. The first-order valence-electron chi connectivity index (χ1n) is 5.82. The predicted molar refractivity (Wildman–Crippen MR) is 72.8 cm³/mol. The highest BCUT2D eigenvalue weighted by molar-refractivity contribution is 5.85. The Labute approximate surface area is 129 Å². The molecular formula is C14H11ClF5NO. The third-order valence-electron chi connectivity index (χ3n) is 2.77. The van der Waals surface area contributed by atoms with Gasteiger partial charge in [0.15, 0.2) is 0 Å². The molecule has 2 N–H and O–H groups in total. The minimum atomic E-state index is -4.79. The fraction of sp³-hybridized carbons (Fsp3) is 0.143. The first kappa shape index (κ1) is 18.2. The van der Waals surface area contributed by atoms with E-state index < -0.39 is 29.8 Å². The van der Waals surface area contributed by atoms with Gasteiger partial charge in [-0.25, -0.2) is 8.78 Å². The molecule has 0 saturated carbocycles. The fourth-order valence-corrected chi connectivity index (χ4v) is 1.81. The number of alkyl halides is 3. The minimum Gasteiger partial charge on any atom is -0.406 e. The van der Waals surface area contributed by atoms with Gasteiger partial charge < -0.3 is 10.5 Å². The lowest BCUT2D eigenvalue weighted by molar-refractivity contribution is -0.274. The lowest BCUT2D eigenvalue weighted by atomic mass is 9.99. The highest BCUT2D eigenvalue weighted by atomic mass is 35.5. The second kappa shape index (κ2) is 6.93. The van der Waals surface area contributed by atoms with Crippen LogP contribution in [0.5, 0.6) is 5.75 Å². The average Bonchev–Trinajstić information content (AvgIpc) is 2.40. The van der Waals surface area contributed by atoms with E-state index in [4.69, 9.17) is 5.73 Å². The van der Waals surface area contributed by atoms with Gasteiger partial charge in [-0.1, -0.05) is 12.1 Å². The fourth-order valence-electron chi connectivity index (χ4n) is 1.81. The lowest BCUT2D eigenvalue weighted by Gasteiger charge is -2.15. The molecule has 1 atom stereocenters. The molecule has 0 bridgehead atoms. The van der Waals surface area contributed by atoms with E-state index >= 15 is 0 Å². The van der Waals surface area contributed by atoms with Crippen molar-refractivity contribution in [2.24, 2.45) is 5.73 Å². The van der Waals surface area contributed by atoms with Crippen molar-refractivity contribution in [3.8, 4) is 5.75 Å². The zero-order chi connectivity index (χ0) is 15.6. The Kier molecular flexibility index (Phi) is 5.73. The summed E-state index contributed by atoms with van der Waals surface area (Å²) in [6, 6.07) is 6.46. The van der Waals surface area contributed by atoms with Gasteiger partial charge in [-0.05, 0) is 35.9 Å². The number of hydrogen-bond acceptors (Lipinski definition) is 2. The van der Waals surface area contributed by atoms with E-state index in [1.807, 2.05) is 0 Å². The Morgan fingerprint density at radius 1 is 0.955 bits per heavy atom. The quantitative estimate of drug-likeness (QED) is 0.845. The third-order valence-corrected chi connectivity index (χ3v) is 2.77. The van der Waals surface area contributed by atoms with E-state index in [1.54, 1.807) is 0 Å². The molecule has 0 aliphatic heterocycles. The normalized spacial score (nSPS) is 12.5. The number of nitrogens with two attached hydrogens (primary N) is 1. The van der Waals surface area contributed by atoms with E-state index in [9.17, 15) is 22.0 Å². The Morgan fingerprint density at radius 2 is 1.55 bits per heavy atom. The molecule has 120 valence electrons. The lowest BCUT2D eigenvalue weighted by Crippen LogP contribution is -2.17. The van der Waals surface area contributed by atoms with Crippen LogP contribution in [0.25, 0.3) is 0 Å². The van der Waals surface area contributed by atoms with Gasteiger partial charge >= 0.3 is 6.36 Å². The largest absolute Gasteiger partial charge is 0.573 e. The highest BCUT2D eigenvalue weighted by Gasteiger charge is 2.31. The van der Waals surface area contributed by atoms with Crippen LogP contribution in [0, 0.1) is 11.6 Å². The van der Waals surface area contributed by atoms with Crippen molar-refractivity contribution in [1.82, 2.24) is 0 Å². The molecule has 2 rings (SSSR count). The molecule has 0 radical (unpaired) electrons. The van der Waals surface area contributed by atoms with Crippen LogP contribution in [0.15, 0.2) is 42.5 Å². The van der Waals surface area contributed by atoms with Crippen LogP contribution in [0.1, 0.15) is 17.2 Å². The van der Waals surface area contributed by atoms with Crippen LogP contribution < -0.4 is 10.5 Å². The Bertz CT molecular complexity index is 630. The number of halogens is 6. The maximum absolute atomic E-state index is 13.6. The Balaban J connectivity index is 0.00000242. The van der Waals surface area contributed by atoms with Gasteiger partial charge in [-0.3, -0.25) is 0 Å². The molecule has 0 amide bonds. The van der Waals surface area contributed by atoms with E-state index in [2.05, 4.69) is 4.74 Å². The SMILES string of the molecule is Cl.N[C@H](c1ccc(OC(F)(F)F)cc1)c1cc(F)ccc1F. The molecule has 2 aromatic carbocycles.